The van der Waals surface area contributed by atoms with Gasteiger partial charge in [0.05, 0.1) is 11.6 Å². The van der Waals surface area contributed by atoms with Gasteiger partial charge in [-0.15, -0.1) is 0 Å². The maximum Gasteiger partial charge on any atom is 0.226 e. The highest BCUT2D eigenvalue weighted by atomic mass is 16.2. The Morgan fingerprint density at radius 1 is 1.43 bits per heavy atom. The van der Waals surface area contributed by atoms with Crippen LogP contribution >= 0.6 is 0 Å². The normalized spacial score (nSPS) is 18.8. The average Bonchev–Trinajstić information content (AvgIpc) is 2.53. The zero-order chi connectivity index (χ0) is 15.3. The first-order valence-corrected chi connectivity index (χ1v) is 7.52. The SMILES string of the molecule is CC(C)(C(=O)NCc1ccc(C#N)cc1)C1CCCNC1. The Hall–Kier alpha value is -1.86. The Kier molecular flexibility index (Phi) is 4.98. The van der Waals surface area contributed by atoms with Crippen LogP contribution in [0.2, 0.25) is 0 Å². The molecule has 0 radical (unpaired) electrons. The van der Waals surface area contributed by atoms with E-state index in [1.165, 1.54) is 0 Å². The minimum atomic E-state index is -0.361. The summed E-state index contributed by atoms with van der Waals surface area (Å²) in [7, 11) is 0. The molecular formula is C17H23N3O. The fourth-order valence-corrected chi connectivity index (χ4v) is 2.76. The zero-order valence-electron chi connectivity index (χ0n) is 12.8. The number of hydrogen-bond acceptors (Lipinski definition) is 3. The lowest BCUT2D eigenvalue weighted by Crippen LogP contribution is -2.47. The molecule has 4 heteroatoms. The number of benzene rings is 1. The highest BCUT2D eigenvalue weighted by Crippen LogP contribution is 2.31. The predicted octanol–water partition coefficient (Wildman–Crippen LogP) is 2.20. The maximum absolute atomic E-state index is 12.5. The van der Waals surface area contributed by atoms with Crippen LogP contribution in [0.5, 0.6) is 0 Å². The molecule has 0 bridgehead atoms. The van der Waals surface area contributed by atoms with Crippen molar-refractivity contribution in [1.29, 1.82) is 5.26 Å². The monoisotopic (exact) mass is 285 g/mol. The van der Waals surface area contributed by atoms with Crippen molar-refractivity contribution in [2.24, 2.45) is 11.3 Å². The molecule has 1 aliphatic heterocycles. The van der Waals surface area contributed by atoms with Crippen molar-refractivity contribution in [3.8, 4) is 6.07 Å². The molecule has 1 unspecified atom stereocenters. The van der Waals surface area contributed by atoms with E-state index in [0.29, 0.717) is 18.0 Å². The molecular weight excluding hydrogens is 262 g/mol. The lowest BCUT2D eigenvalue weighted by molar-refractivity contribution is -0.132. The van der Waals surface area contributed by atoms with Crippen molar-refractivity contribution < 1.29 is 4.79 Å². The number of amides is 1. The van der Waals surface area contributed by atoms with E-state index in [1.807, 2.05) is 26.0 Å². The molecule has 1 aliphatic rings. The van der Waals surface area contributed by atoms with Crippen molar-refractivity contribution in [3.05, 3.63) is 35.4 Å². The molecule has 1 saturated heterocycles. The third-order valence-electron chi connectivity index (χ3n) is 4.44. The molecule has 1 atom stereocenters. The molecule has 1 aromatic rings. The Bertz CT molecular complexity index is 522. The fraction of sp³-hybridized carbons (Fsp3) is 0.529. The van der Waals surface area contributed by atoms with Crippen molar-refractivity contribution >= 4 is 5.91 Å². The van der Waals surface area contributed by atoms with Gasteiger partial charge in [0.25, 0.3) is 0 Å². The van der Waals surface area contributed by atoms with Crippen LogP contribution in [0.3, 0.4) is 0 Å². The summed E-state index contributed by atoms with van der Waals surface area (Å²) in [6, 6.07) is 9.41. The third-order valence-corrected chi connectivity index (χ3v) is 4.44. The predicted molar refractivity (Wildman–Crippen MR) is 82.4 cm³/mol. The topological polar surface area (TPSA) is 64.9 Å². The molecule has 4 nitrogen and oxygen atoms in total. The van der Waals surface area contributed by atoms with E-state index in [0.717, 1.165) is 31.5 Å². The summed E-state index contributed by atoms with van der Waals surface area (Å²) in [4.78, 5) is 12.5. The van der Waals surface area contributed by atoms with Gasteiger partial charge in [-0.3, -0.25) is 4.79 Å². The molecule has 2 N–H and O–H groups in total. The van der Waals surface area contributed by atoms with Gasteiger partial charge in [-0.1, -0.05) is 26.0 Å². The first-order valence-electron chi connectivity index (χ1n) is 7.52. The van der Waals surface area contributed by atoms with E-state index in [1.54, 1.807) is 12.1 Å². The molecule has 0 spiro atoms. The zero-order valence-corrected chi connectivity index (χ0v) is 12.8. The van der Waals surface area contributed by atoms with Crippen molar-refractivity contribution in [2.45, 2.75) is 33.2 Å². The molecule has 21 heavy (non-hydrogen) atoms. The van der Waals surface area contributed by atoms with Crippen LogP contribution < -0.4 is 10.6 Å². The molecule has 0 aliphatic carbocycles. The van der Waals surface area contributed by atoms with Crippen molar-refractivity contribution in [2.75, 3.05) is 13.1 Å². The van der Waals surface area contributed by atoms with Crippen LogP contribution in [0.25, 0.3) is 0 Å². The summed E-state index contributed by atoms with van der Waals surface area (Å²) < 4.78 is 0. The van der Waals surface area contributed by atoms with E-state index in [9.17, 15) is 4.79 Å². The van der Waals surface area contributed by atoms with Gasteiger partial charge >= 0.3 is 0 Å². The number of hydrogen-bond donors (Lipinski definition) is 2. The molecule has 2 rings (SSSR count). The van der Waals surface area contributed by atoms with Gasteiger partial charge in [0, 0.05) is 12.0 Å². The number of carbonyl (C=O) groups is 1. The average molecular weight is 285 g/mol. The Balaban J connectivity index is 1.92. The standard InChI is InChI=1S/C17H23N3O/c1-17(2,15-4-3-9-19-12-15)16(21)20-11-14-7-5-13(10-18)6-8-14/h5-8,15,19H,3-4,9,11-12H2,1-2H3,(H,20,21). The fourth-order valence-electron chi connectivity index (χ4n) is 2.76. The molecule has 1 aromatic carbocycles. The van der Waals surface area contributed by atoms with Crippen LogP contribution in [0.4, 0.5) is 0 Å². The van der Waals surface area contributed by atoms with Crippen LogP contribution in [0, 0.1) is 22.7 Å². The van der Waals surface area contributed by atoms with Gasteiger partial charge in [-0.05, 0) is 49.5 Å². The van der Waals surface area contributed by atoms with Crippen LogP contribution in [0.15, 0.2) is 24.3 Å². The molecule has 1 amide bonds. The summed E-state index contributed by atoms with van der Waals surface area (Å²) >= 11 is 0. The van der Waals surface area contributed by atoms with E-state index < -0.39 is 0 Å². The number of nitrogens with one attached hydrogen (secondary N) is 2. The summed E-state index contributed by atoms with van der Waals surface area (Å²) in [6.45, 7) is 6.53. The summed E-state index contributed by atoms with van der Waals surface area (Å²) in [5.74, 6) is 0.479. The summed E-state index contributed by atoms with van der Waals surface area (Å²) in [6.07, 6.45) is 2.24. The second kappa shape index (κ2) is 6.73. The maximum atomic E-state index is 12.5. The highest BCUT2D eigenvalue weighted by molar-refractivity contribution is 5.82. The largest absolute Gasteiger partial charge is 0.352 e. The van der Waals surface area contributed by atoms with Crippen LogP contribution in [-0.4, -0.2) is 19.0 Å². The van der Waals surface area contributed by atoms with Gasteiger partial charge in [-0.2, -0.15) is 5.26 Å². The van der Waals surface area contributed by atoms with E-state index in [2.05, 4.69) is 16.7 Å². The third kappa shape index (κ3) is 3.83. The molecule has 1 heterocycles. The van der Waals surface area contributed by atoms with Gasteiger partial charge in [0.15, 0.2) is 0 Å². The number of nitriles is 1. The van der Waals surface area contributed by atoms with Gasteiger partial charge in [0.1, 0.15) is 0 Å². The highest BCUT2D eigenvalue weighted by Gasteiger charge is 2.36. The van der Waals surface area contributed by atoms with Crippen molar-refractivity contribution in [1.82, 2.24) is 10.6 Å². The second-order valence-electron chi connectivity index (χ2n) is 6.26. The summed E-state index contributed by atoms with van der Waals surface area (Å²) in [5.41, 5.74) is 1.29. The molecule has 1 fully saturated rings. The minimum Gasteiger partial charge on any atom is -0.352 e. The van der Waals surface area contributed by atoms with Crippen molar-refractivity contribution in [3.63, 3.8) is 0 Å². The lowest BCUT2D eigenvalue weighted by Gasteiger charge is -2.36. The number of carbonyl (C=O) groups excluding carboxylic acids is 1. The molecule has 0 aromatic heterocycles. The van der Waals surface area contributed by atoms with E-state index >= 15 is 0 Å². The van der Waals surface area contributed by atoms with Gasteiger partial charge in [-0.25, -0.2) is 0 Å². The van der Waals surface area contributed by atoms with E-state index in [4.69, 9.17) is 5.26 Å². The first-order chi connectivity index (χ1) is 10.0. The Labute approximate surface area is 126 Å². The van der Waals surface area contributed by atoms with E-state index in [-0.39, 0.29) is 11.3 Å². The molecule has 112 valence electrons. The van der Waals surface area contributed by atoms with Gasteiger partial charge < -0.3 is 10.6 Å². The number of nitrogens with zero attached hydrogens (tertiary/aromatic N) is 1. The van der Waals surface area contributed by atoms with Crippen LogP contribution in [0.1, 0.15) is 37.8 Å². The lowest BCUT2D eigenvalue weighted by atomic mass is 9.74. The number of piperidine rings is 1. The van der Waals surface area contributed by atoms with Gasteiger partial charge in [0.2, 0.25) is 5.91 Å². The number of rotatable bonds is 4. The second-order valence-corrected chi connectivity index (χ2v) is 6.26. The summed E-state index contributed by atoms with van der Waals surface area (Å²) in [5, 5.41) is 15.2. The first kappa shape index (κ1) is 15.5. The Morgan fingerprint density at radius 3 is 2.71 bits per heavy atom. The smallest absolute Gasteiger partial charge is 0.226 e. The minimum absolute atomic E-state index is 0.0977. The van der Waals surface area contributed by atoms with Crippen LogP contribution in [-0.2, 0) is 11.3 Å². The Morgan fingerprint density at radius 2 is 2.14 bits per heavy atom. The quantitative estimate of drug-likeness (QED) is 0.891. The molecule has 0 saturated carbocycles.